The number of rotatable bonds is 6. The van der Waals surface area contributed by atoms with E-state index in [1.807, 2.05) is 0 Å². The molecule has 0 saturated heterocycles. The van der Waals surface area contributed by atoms with Gasteiger partial charge in [-0.15, -0.1) is 0 Å². The van der Waals surface area contributed by atoms with Crippen molar-refractivity contribution >= 4 is 27.7 Å². The van der Waals surface area contributed by atoms with E-state index in [0.717, 1.165) is 31.9 Å². The highest BCUT2D eigenvalue weighted by Gasteiger charge is 2.23. The number of sulfone groups is 1. The van der Waals surface area contributed by atoms with Crippen LogP contribution in [0.2, 0.25) is 0 Å². The minimum absolute atomic E-state index is 0.0293. The lowest BCUT2D eigenvalue weighted by Crippen LogP contribution is -2.48. The first kappa shape index (κ1) is 21.9. The summed E-state index contributed by atoms with van der Waals surface area (Å²) in [6.07, 6.45) is 5.19. The van der Waals surface area contributed by atoms with Gasteiger partial charge in [-0.3, -0.25) is 10.1 Å². The molecule has 1 fully saturated rings. The van der Waals surface area contributed by atoms with Gasteiger partial charge in [-0.05, 0) is 36.5 Å². The van der Waals surface area contributed by atoms with Gasteiger partial charge in [0.15, 0.2) is 16.4 Å². The molecule has 1 aromatic carbocycles. The van der Waals surface area contributed by atoms with Crippen LogP contribution in [0.25, 0.3) is 0 Å². The Kier molecular flexibility index (Phi) is 7.56. The van der Waals surface area contributed by atoms with Gasteiger partial charge in [0.25, 0.3) is 5.91 Å². The van der Waals surface area contributed by atoms with Crippen molar-refractivity contribution in [3.63, 3.8) is 0 Å². The van der Waals surface area contributed by atoms with Crippen molar-refractivity contribution in [2.24, 2.45) is 5.92 Å². The van der Waals surface area contributed by atoms with Crippen molar-refractivity contribution < 1.29 is 27.5 Å². The second-order valence-corrected chi connectivity index (χ2v) is 9.38. The zero-order valence-corrected chi connectivity index (χ0v) is 16.9. The minimum atomic E-state index is -3.24. The van der Waals surface area contributed by atoms with Gasteiger partial charge >= 0.3 is 12.0 Å². The van der Waals surface area contributed by atoms with Crippen molar-refractivity contribution in [2.45, 2.75) is 44.4 Å². The van der Waals surface area contributed by atoms with Gasteiger partial charge in [0.2, 0.25) is 0 Å². The number of imide groups is 1. The predicted octanol–water partition coefficient (Wildman–Crippen LogP) is 1.79. The molecule has 28 heavy (non-hydrogen) atoms. The normalized spacial score (nSPS) is 19.5. The van der Waals surface area contributed by atoms with Gasteiger partial charge in [-0.1, -0.05) is 31.9 Å². The van der Waals surface area contributed by atoms with E-state index in [2.05, 4.69) is 17.6 Å². The van der Waals surface area contributed by atoms with Crippen molar-refractivity contribution in [3.05, 3.63) is 35.4 Å². The van der Waals surface area contributed by atoms with Gasteiger partial charge in [-0.25, -0.2) is 18.0 Å². The van der Waals surface area contributed by atoms with Gasteiger partial charge in [0.05, 0.1) is 11.3 Å². The maximum atomic E-state index is 12.1. The Labute approximate surface area is 164 Å². The minimum Gasteiger partial charge on any atom is -0.452 e. The first-order valence-electron chi connectivity index (χ1n) is 9.18. The molecule has 1 aliphatic rings. The topological polar surface area (TPSA) is 119 Å². The summed E-state index contributed by atoms with van der Waals surface area (Å²) in [5.74, 6) is -1.35. The molecule has 1 aliphatic carbocycles. The molecule has 2 atom stereocenters. The summed E-state index contributed by atoms with van der Waals surface area (Å²) in [4.78, 5) is 35.8. The van der Waals surface area contributed by atoms with E-state index < -0.39 is 34.4 Å². The molecule has 0 spiro atoms. The van der Waals surface area contributed by atoms with E-state index in [0.29, 0.717) is 11.5 Å². The van der Waals surface area contributed by atoms with Crippen LogP contribution in [0.5, 0.6) is 0 Å². The van der Waals surface area contributed by atoms with E-state index >= 15 is 0 Å². The lowest BCUT2D eigenvalue weighted by Gasteiger charge is -2.29. The molecule has 8 nitrogen and oxygen atoms in total. The number of carbonyl (C=O) groups is 3. The summed E-state index contributed by atoms with van der Waals surface area (Å²) < 4.78 is 27.6. The first-order chi connectivity index (χ1) is 13.1. The number of ether oxygens (including phenoxy) is 1. The van der Waals surface area contributed by atoms with Gasteiger partial charge < -0.3 is 10.1 Å². The zero-order valence-electron chi connectivity index (χ0n) is 16.1. The second-order valence-electron chi connectivity index (χ2n) is 7.24. The molecular weight excluding hydrogens is 384 g/mol. The van der Waals surface area contributed by atoms with E-state index in [4.69, 9.17) is 4.74 Å². The highest BCUT2D eigenvalue weighted by Crippen LogP contribution is 2.23. The summed E-state index contributed by atoms with van der Waals surface area (Å²) in [7, 11) is -3.24. The van der Waals surface area contributed by atoms with E-state index in [1.54, 1.807) is 6.07 Å². The SMILES string of the molecule is CC1CCCCC1NC(=O)NC(=O)COC(=O)c1cccc(CS(C)(=O)=O)c1. The van der Waals surface area contributed by atoms with Crippen molar-refractivity contribution in [1.82, 2.24) is 10.6 Å². The monoisotopic (exact) mass is 410 g/mol. The van der Waals surface area contributed by atoms with Crippen LogP contribution in [-0.4, -0.2) is 45.2 Å². The molecule has 2 N–H and O–H groups in total. The van der Waals surface area contributed by atoms with Crippen LogP contribution in [0.1, 0.15) is 48.5 Å². The van der Waals surface area contributed by atoms with E-state index in [-0.39, 0.29) is 17.4 Å². The Morgan fingerprint density at radius 1 is 1.18 bits per heavy atom. The largest absolute Gasteiger partial charge is 0.452 e. The Morgan fingerprint density at radius 3 is 2.57 bits per heavy atom. The molecule has 0 aliphatic heterocycles. The van der Waals surface area contributed by atoms with Crippen LogP contribution < -0.4 is 10.6 Å². The average molecular weight is 410 g/mol. The van der Waals surface area contributed by atoms with Crippen molar-refractivity contribution in [3.8, 4) is 0 Å². The van der Waals surface area contributed by atoms with Crippen molar-refractivity contribution in [2.75, 3.05) is 12.9 Å². The molecule has 1 aromatic rings. The molecular formula is C19H26N2O6S. The summed E-state index contributed by atoms with van der Waals surface area (Å²) in [5, 5.41) is 4.93. The number of hydrogen-bond donors (Lipinski definition) is 2. The lowest BCUT2D eigenvalue weighted by atomic mass is 9.86. The highest BCUT2D eigenvalue weighted by molar-refractivity contribution is 7.89. The van der Waals surface area contributed by atoms with Gasteiger partial charge in [0, 0.05) is 12.3 Å². The summed E-state index contributed by atoms with van der Waals surface area (Å²) in [6, 6.07) is 5.41. The third-order valence-corrected chi connectivity index (χ3v) is 5.46. The Balaban J connectivity index is 1.81. The summed E-state index contributed by atoms with van der Waals surface area (Å²) in [5.41, 5.74) is 0.580. The van der Waals surface area contributed by atoms with Crippen molar-refractivity contribution in [1.29, 1.82) is 0 Å². The fourth-order valence-electron chi connectivity index (χ4n) is 3.20. The zero-order chi connectivity index (χ0) is 20.7. The van der Waals surface area contributed by atoms with Crippen LogP contribution in [-0.2, 0) is 25.1 Å². The number of amides is 3. The number of hydrogen-bond acceptors (Lipinski definition) is 6. The highest BCUT2D eigenvalue weighted by atomic mass is 32.2. The molecule has 3 amide bonds. The number of carbonyl (C=O) groups excluding carboxylic acids is 3. The van der Waals surface area contributed by atoms with E-state index in [9.17, 15) is 22.8 Å². The first-order valence-corrected chi connectivity index (χ1v) is 11.2. The molecule has 154 valence electrons. The Bertz CT molecular complexity index is 837. The molecule has 2 rings (SSSR count). The third-order valence-electron chi connectivity index (χ3n) is 4.61. The number of urea groups is 1. The summed E-state index contributed by atoms with van der Waals surface area (Å²) in [6.45, 7) is 1.45. The van der Waals surface area contributed by atoms with E-state index in [1.165, 1.54) is 18.2 Å². The van der Waals surface area contributed by atoms with Gasteiger partial charge in [-0.2, -0.15) is 0 Å². The number of nitrogens with one attached hydrogen (secondary N) is 2. The van der Waals surface area contributed by atoms with Crippen LogP contribution in [0.15, 0.2) is 24.3 Å². The summed E-state index contributed by atoms with van der Waals surface area (Å²) >= 11 is 0. The molecule has 0 bridgehead atoms. The number of benzene rings is 1. The van der Waals surface area contributed by atoms with Crippen LogP contribution in [0.3, 0.4) is 0 Å². The predicted molar refractivity (Wildman–Crippen MR) is 103 cm³/mol. The van der Waals surface area contributed by atoms with Crippen LogP contribution >= 0.6 is 0 Å². The second kappa shape index (κ2) is 9.68. The van der Waals surface area contributed by atoms with Crippen LogP contribution in [0.4, 0.5) is 4.79 Å². The molecule has 1 saturated carbocycles. The average Bonchev–Trinajstić information content (AvgIpc) is 2.60. The molecule has 0 heterocycles. The standard InChI is InChI=1S/C19H26N2O6S/c1-13-6-3-4-9-16(13)20-19(24)21-17(22)11-27-18(23)15-8-5-7-14(10-15)12-28(2,25)26/h5,7-8,10,13,16H,3-4,6,9,11-12H2,1-2H3,(H2,20,21,22,24). The Hall–Kier alpha value is -2.42. The lowest BCUT2D eigenvalue weighted by molar-refractivity contribution is -0.123. The number of esters is 1. The molecule has 0 radical (unpaired) electrons. The molecule has 2 unspecified atom stereocenters. The smallest absolute Gasteiger partial charge is 0.338 e. The Morgan fingerprint density at radius 2 is 1.89 bits per heavy atom. The maximum Gasteiger partial charge on any atom is 0.338 e. The molecule has 0 aromatic heterocycles. The van der Waals surface area contributed by atoms with Gasteiger partial charge in [0.1, 0.15) is 0 Å². The quantitative estimate of drug-likeness (QED) is 0.690. The fraction of sp³-hybridized carbons (Fsp3) is 0.526. The maximum absolute atomic E-state index is 12.1. The third kappa shape index (κ3) is 7.30. The van der Waals surface area contributed by atoms with Crippen LogP contribution in [0, 0.1) is 5.92 Å². The molecule has 9 heteroatoms. The fourth-order valence-corrected chi connectivity index (χ4v) is 3.99.